The van der Waals surface area contributed by atoms with Crippen LogP contribution in [0.15, 0.2) is 303 Å². The first-order valence-corrected chi connectivity index (χ1v) is 30.4. The summed E-state index contributed by atoms with van der Waals surface area (Å²) in [6, 6.07) is 114. The normalized spacial score (nSPS) is 12.8. The Bertz CT molecular complexity index is 4370. The fourth-order valence-electron chi connectivity index (χ4n) is 13.5. The Hall–Kier alpha value is -9.33. The highest BCUT2D eigenvalue weighted by Crippen LogP contribution is 2.41. The zero-order valence-corrected chi connectivity index (χ0v) is 43.8. The van der Waals surface area contributed by atoms with Crippen molar-refractivity contribution in [1.82, 2.24) is 9.13 Å². The minimum absolute atomic E-state index is 1.13. The number of aromatic nitrogens is 2. The van der Waals surface area contributed by atoms with E-state index in [-0.39, 0.29) is 0 Å². The number of hydrogen-bond donors (Lipinski definition) is 0. The molecule has 0 saturated carbocycles. The molecule has 1 aliphatic rings. The molecule has 0 amide bonds. The van der Waals surface area contributed by atoms with Crippen LogP contribution in [0, 0.1) is 0 Å². The molecule has 15 rings (SSSR count). The Morgan fingerprint density at radius 3 is 1.28 bits per heavy atom. The number of nitrogens with zero attached hydrogens (tertiary/aromatic N) is 2. The minimum atomic E-state index is -2.81. The van der Waals surface area contributed by atoms with Gasteiger partial charge in [0.1, 0.15) is 0 Å². The molecular formula is C72H50N2Si2. The van der Waals surface area contributed by atoms with Crippen LogP contribution in [0.3, 0.4) is 0 Å². The first-order valence-electron chi connectivity index (χ1n) is 26.4. The Kier molecular flexibility index (Phi) is 10.3. The maximum atomic E-state index is 2.51. The van der Waals surface area contributed by atoms with Gasteiger partial charge >= 0.3 is 0 Å². The molecule has 0 radical (unpaired) electrons. The molecule has 14 aromatic rings. The van der Waals surface area contributed by atoms with Crippen LogP contribution >= 0.6 is 0 Å². The maximum Gasteiger partial charge on any atom is 0.180 e. The molecular weight excluding hydrogens is 949 g/mol. The van der Waals surface area contributed by atoms with Crippen molar-refractivity contribution < 1.29 is 0 Å². The smallest absolute Gasteiger partial charge is 0.180 e. The monoisotopic (exact) mass is 998 g/mol. The lowest BCUT2D eigenvalue weighted by Gasteiger charge is -2.34. The fraction of sp³-hybridized carbons (Fsp3) is 0. The lowest BCUT2D eigenvalue weighted by molar-refractivity contribution is 1.16. The fourth-order valence-corrected chi connectivity index (χ4v) is 23.5. The summed E-state index contributed by atoms with van der Waals surface area (Å²) in [6.45, 7) is 0. The Morgan fingerprint density at radius 1 is 0.263 bits per heavy atom. The van der Waals surface area contributed by atoms with Gasteiger partial charge in [-0.1, -0.05) is 261 Å². The van der Waals surface area contributed by atoms with E-state index >= 15 is 0 Å². The largest absolute Gasteiger partial charge is 0.309 e. The molecule has 1 aliphatic heterocycles. The van der Waals surface area contributed by atoms with Gasteiger partial charge in [-0.2, -0.15) is 0 Å². The third-order valence-corrected chi connectivity index (χ3v) is 26.2. The summed E-state index contributed by atoms with van der Waals surface area (Å²) in [5.74, 6) is 0. The standard InChI is InChI=1S/C72H50N2Si2/c1-6-25-54(26-7-1)75(55-27-8-2-9-28-55,56-29-10-3-11-30-56)59-35-22-24-52(49-59)73-66-40-19-17-37-62(66)64-47-45-53(50-69(64)73)74-67-41-20-16-36-61(67)63-46-44-51(48-68(63)74)60-39-23-43-71-72(60)65-38-18-21-42-70(65)76(71,57-31-12-4-13-32-57)58-33-14-5-15-34-58/h1-50H. The van der Waals surface area contributed by atoms with Gasteiger partial charge in [0.15, 0.2) is 16.1 Å². The van der Waals surface area contributed by atoms with E-state index in [9.17, 15) is 0 Å². The SMILES string of the molecule is c1ccc([Si](c2ccccc2)(c2ccccc2)c2cccc(-n3c4ccccc4c4ccc(-n5c6ccccc6c6ccc(-c7cccc8c7-c7ccccc7[Si]8(c7ccccc7)c7ccccc7)cc65)cc43)c2)cc1. The number of fused-ring (bicyclic) bond motifs is 9. The average molecular weight is 999 g/mol. The third-order valence-electron chi connectivity index (χ3n) is 16.5. The zero-order valence-electron chi connectivity index (χ0n) is 41.8. The molecule has 0 aliphatic carbocycles. The highest BCUT2D eigenvalue weighted by atomic mass is 28.3. The van der Waals surface area contributed by atoms with Crippen LogP contribution in [0.4, 0.5) is 0 Å². The van der Waals surface area contributed by atoms with E-state index in [4.69, 9.17) is 0 Å². The van der Waals surface area contributed by atoms with Crippen LogP contribution in [0.5, 0.6) is 0 Å². The van der Waals surface area contributed by atoms with Crippen LogP contribution in [0.2, 0.25) is 0 Å². The van der Waals surface area contributed by atoms with Crippen LogP contribution in [0.1, 0.15) is 0 Å². The highest BCUT2D eigenvalue weighted by molar-refractivity contribution is 7.22. The first-order chi connectivity index (χ1) is 37.7. The van der Waals surface area contributed by atoms with E-state index in [1.54, 1.807) is 0 Å². The lowest BCUT2D eigenvalue weighted by atomic mass is 9.94. The van der Waals surface area contributed by atoms with Crippen LogP contribution in [0.25, 0.3) is 77.2 Å². The number of hydrogen-bond acceptors (Lipinski definition) is 0. The molecule has 0 atom stereocenters. The Labute approximate surface area is 444 Å². The molecule has 4 heteroatoms. The van der Waals surface area contributed by atoms with Gasteiger partial charge in [-0.15, -0.1) is 0 Å². The number of benzene rings is 12. The van der Waals surface area contributed by atoms with Crippen molar-refractivity contribution in [1.29, 1.82) is 0 Å². The van der Waals surface area contributed by atoms with Gasteiger partial charge in [-0.3, -0.25) is 0 Å². The van der Waals surface area contributed by atoms with Crippen molar-refractivity contribution >= 4 is 101 Å². The van der Waals surface area contributed by atoms with E-state index in [1.165, 1.54) is 107 Å². The van der Waals surface area contributed by atoms with Gasteiger partial charge in [0.05, 0.1) is 22.1 Å². The molecule has 356 valence electrons. The second-order valence-corrected chi connectivity index (χ2v) is 27.8. The van der Waals surface area contributed by atoms with Crippen LogP contribution in [-0.2, 0) is 0 Å². The van der Waals surface area contributed by atoms with E-state index < -0.39 is 16.1 Å². The number of para-hydroxylation sites is 2. The molecule has 0 N–H and O–H groups in total. The first kappa shape index (κ1) is 44.2. The third kappa shape index (κ3) is 6.45. The summed E-state index contributed by atoms with van der Waals surface area (Å²) in [5, 5.41) is 16.1. The predicted molar refractivity (Wildman–Crippen MR) is 327 cm³/mol. The van der Waals surface area contributed by atoms with Gasteiger partial charge in [-0.25, -0.2) is 0 Å². The summed E-state index contributed by atoms with van der Waals surface area (Å²) in [7, 11) is -5.49. The van der Waals surface area contributed by atoms with Crippen molar-refractivity contribution in [3.8, 4) is 33.6 Å². The highest BCUT2D eigenvalue weighted by Gasteiger charge is 2.49. The zero-order chi connectivity index (χ0) is 50.2. The predicted octanol–water partition coefficient (Wildman–Crippen LogP) is 12.3. The van der Waals surface area contributed by atoms with Gasteiger partial charge in [-0.05, 0) is 106 Å². The quantitative estimate of drug-likeness (QED) is 0.101. The maximum absolute atomic E-state index is 2.81. The Balaban J connectivity index is 0.950. The van der Waals surface area contributed by atoms with Crippen LogP contribution in [-0.4, -0.2) is 25.3 Å². The van der Waals surface area contributed by atoms with Crippen LogP contribution < -0.4 is 41.5 Å². The van der Waals surface area contributed by atoms with E-state index in [2.05, 4.69) is 312 Å². The summed E-state index contributed by atoms with van der Waals surface area (Å²) < 4.78 is 5.02. The van der Waals surface area contributed by atoms with Crippen molar-refractivity contribution in [3.63, 3.8) is 0 Å². The summed E-state index contributed by atoms with van der Waals surface area (Å²) >= 11 is 0. The average Bonchev–Trinajstić information content (AvgIpc) is 4.18. The topological polar surface area (TPSA) is 9.86 Å². The molecule has 2 aromatic heterocycles. The molecule has 2 nitrogen and oxygen atoms in total. The number of rotatable bonds is 9. The summed E-state index contributed by atoms with van der Waals surface area (Å²) in [5.41, 5.74) is 12.2. The molecule has 0 bridgehead atoms. The van der Waals surface area contributed by atoms with Gasteiger partial charge in [0, 0.05) is 32.9 Å². The summed E-state index contributed by atoms with van der Waals surface area (Å²) in [4.78, 5) is 0. The molecule has 3 heterocycles. The van der Waals surface area contributed by atoms with Gasteiger partial charge in [0.2, 0.25) is 0 Å². The van der Waals surface area contributed by atoms with E-state index in [0.717, 1.165) is 11.4 Å². The van der Waals surface area contributed by atoms with E-state index in [0.29, 0.717) is 0 Å². The molecule has 12 aromatic carbocycles. The van der Waals surface area contributed by atoms with Gasteiger partial charge < -0.3 is 9.13 Å². The van der Waals surface area contributed by atoms with Crippen molar-refractivity contribution in [2.24, 2.45) is 0 Å². The second-order valence-electron chi connectivity index (χ2n) is 20.3. The van der Waals surface area contributed by atoms with Crippen molar-refractivity contribution in [2.75, 3.05) is 0 Å². The molecule has 0 unspecified atom stereocenters. The molecule has 0 spiro atoms. The second kappa shape index (κ2) is 17.7. The molecule has 0 fully saturated rings. The summed E-state index contributed by atoms with van der Waals surface area (Å²) in [6.07, 6.45) is 0. The van der Waals surface area contributed by atoms with E-state index in [1.807, 2.05) is 0 Å². The van der Waals surface area contributed by atoms with Crippen molar-refractivity contribution in [3.05, 3.63) is 303 Å². The molecule has 76 heavy (non-hydrogen) atoms. The molecule has 0 saturated heterocycles. The van der Waals surface area contributed by atoms with Crippen molar-refractivity contribution in [2.45, 2.75) is 0 Å². The van der Waals surface area contributed by atoms with Gasteiger partial charge in [0.25, 0.3) is 0 Å². The Morgan fingerprint density at radius 2 is 0.684 bits per heavy atom. The minimum Gasteiger partial charge on any atom is -0.309 e. The lowest BCUT2D eigenvalue weighted by Crippen LogP contribution is -2.74.